The minimum absolute atomic E-state index is 0.0360. The molecule has 25 heteroatoms. The summed E-state index contributed by atoms with van der Waals surface area (Å²) in [6.45, 7) is 0. The monoisotopic (exact) mass is 1100 g/mol. The van der Waals surface area contributed by atoms with Crippen LogP contribution in [0.5, 0.6) is 0 Å². The molecule has 4 aromatic rings. The maximum absolute atomic E-state index is 12.3. The Morgan fingerprint density at radius 3 is 1.57 bits per heavy atom. The first-order chi connectivity index (χ1) is 27.7. The summed E-state index contributed by atoms with van der Waals surface area (Å²) in [5.74, 6) is -0.305. The van der Waals surface area contributed by atoms with E-state index in [2.05, 4.69) is 66.3 Å². The number of hydrogen-bond acceptors (Lipinski definition) is 10. The van der Waals surface area contributed by atoms with E-state index in [1.165, 1.54) is 51.6 Å². The van der Waals surface area contributed by atoms with E-state index in [-0.39, 0.29) is 37.2 Å². The third-order valence-corrected chi connectivity index (χ3v) is 13.7. The fourth-order valence-electron chi connectivity index (χ4n) is 3.96. The van der Waals surface area contributed by atoms with Gasteiger partial charge in [-0.2, -0.15) is 25.3 Å². The Bertz CT molecular complexity index is 2610. The lowest BCUT2D eigenvalue weighted by molar-refractivity contribution is -0.385. The van der Waals surface area contributed by atoms with E-state index in [0.717, 1.165) is 12.4 Å². The van der Waals surface area contributed by atoms with Crippen LogP contribution in [-0.4, -0.2) is 112 Å². The van der Waals surface area contributed by atoms with E-state index in [0.29, 0.717) is 30.9 Å². The molecule has 0 aromatic heterocycles. The third-order valence-electron chi connectivity index (χ3n) is 6.69. The smallest absolute Gasteiger partial charge is 0.285 e. The number of carbonyl (C=O) groups excluding carboxylic acids is 1. The van der Waals surface area contributed by atoms with E-state index < -0.39 is 35.0 Å². The number of benzene rings is 4. The summed E-state index contributed by atoms with van der Waals surface area (Å²) in [6.07, 6.45) is 3.62. The SMILES string of the molecule is CN(C)/C=N/S(=O)(=O)c1cc(N)ccc1Br.CN(C)/C=N/S(=O)(=O)c1cc(NC(=O)Cc2ccccc2Cl)ccc1Br.CN(C)/C=N/S(=O)(=O)c1cc([N+](=O)[O-])ccc1Br. The van der Waals surface area contributed by atoms with Crippen LogP contribution >= 0.6 is 59.4 Å². The van der Waals surface area contributed by atoms with Gasteiger partial charge < -0.3 is 25.8 Å². The van der Waals surface area contributed by atoms with Crippen molar-refractivity contribution < 1.29 is 35.0 Å². The van der Waals surface area contributed by atoms with Crippen LogP contribution < -0.4 is 11.1 Å². The molecule has 60 heavy (non-hydrogen) atoms. The average Bonchev–Trinajstić information content (AvgIpc) is 3.15. The molecule has 3 N–H and O–H groups in total. The number of nitrogens with zero attached hydrogens (tertiary/aromatic N) is 7. The summed E-state index contributed by atoms with van der Waals surface area (Å²) in [5.41, 5.74) is 6.64. The molecule has 0 saturated heterocycles. The normalized spacial score (nSPS) is 11.7. The highest BCUT2D eigenvalue weighted by Crippen LogP contribution is 2.29. The number of hydrogen-bond donors (Lipinski definition) is 2. The van der Waals surface area contributed by atoms with Gasteiger partial charge in [0, 0.05) is 84.2 Å². The number of sulfonamides is 3. The Labute approximate surface area is 378 Å². The number of nitro benzene ring substituents is 1. The van der Waals surface area contributed by atoms with Crippen LogP contribution in [0.2, 0.25) is 5.02 Å². The van der Waals surface area contributed by atoms with Gasteiger partial charge in [-0.25, -0.2) is 0 Å². The molecule has 0 aliphatic carbocycles. The van der Waals surface area contributed by atoms with Gasteiger partial charge >= 0.3 is 0 Å². The Morgan fingerprint density at radius 2 is 1.12 bits per heavy atom. The standard InChI is InChI=1S/C17H17BrClN3O3S.C9H10BrN3O4S.C9H12BrN3O2S/c1-22(2)11-20-26(24,25)16-10-13(7-8-14(16)18)21-17(23)9-12-5-3-4-6-15(12)19;1-12(2)6-11-18(16,17)9-5-7(13(14)15)3-4-8(9)10;1-13(2)6-12-16(14,15)9-5-7(11)3-4-8(9)10/h3-8,10-11H,9H2,1-2H3,(H,21,23);3-6H,1-2H3;3-6H,11H2,1-2H3/b20-11+;11-6+;12-6+. The number of nitro groups is 1. The molecule has 0 radical (unpaired) electrons. The number of amides is 1. The predicted molar refractivity (Wildman–Crippen MR) is 245 cm³/mol. The van der Waals surface area contributed by atoms with Crippen molar-refractivity contribution in [2.45, 2.75) is 21.1 Å². The van der Waals surface area contributed by atoms with E-state index in [1.807, 2.05) is 0 Å². The molecule has 0 atom stereocenters. The zero-order valence-corrected chi connectivity index (χ0v) is 40.5. The summed E-state index contributed by atoms with van der Waals surface area (Å²) >= 11 is 15.4. The molecule has 0 bridgehead atoms. The molecule has 4 rings (SSSR count). The predicted octanol–water partition coefficient (Wildman–Crippen LogP) is 6.51. The van der Waals surface area contributed by atoms with Crippen LogP contribution in [0, 0.1) is 10.1 Å². The Hall–Kier alpha value is -4.46. The van der Waals surface area contributed by atoms with Crippen LogP contribution in [0.4, 0.5) is 17.1 Å². The largest absolute Gasteiger partial charge is 0.399 e. The molecule has 0 fully saturated rings. The second-order valence-electron chi connectivity index (χ2n) is 12.5. The van der Waals surface area contributed by atoms with Crippen molar-refractivity contribution in [3.8, 4) is 0 Å². The number of non-ortho nitro benzene ring substituents is 1. The lowest BCUT2D eigenvalue weighted by Gasteiger charge is -2.09. The first-order valence-corrected chi connectivity index (χ1v) is 23.6. The number of nitrogens with one attached hydrogen (secondary N) is 1. The van der Waals surface area contributed by atoms with E-state index in [4.69, 9.17) is 17.3 Å². The molecule has 0 unspecified atom stereocenters. The van der Waals surface area contributed by atoms with Crippen molar-refractivity contribution >= 4 is 131 Å². The lowest BCUT2D eigenvalue weighted by Crippen LogP contribution is -2.15. The Kier molecular flexibility index (Phi) is 19.8. The van der Waals surface area contributed by atoms with Gasteiger partial charge in [0.05, 0.1) is 11.3 Å². The second-order valence-corrected chi connectivity index (χ2v) is 20.3. The van der Waals surface area contributed by atoms with E-state index in [1.54, 1.807) is 90.8 Å². The first kappa shape index (κ1) is 51.7. The molecule has 1 amide bonds. The van der Waals surface area contributed by atoms with Gasteiger partial charge in [0.25, 0.3) is 35.8 Å². The maximum Gasteiger partial charge on any atom is 0.285 e. The zero-order chi connectivity index (χ0) is 45.6. The van der Waals surface area contributed by atoms with Gasteiger partial charge in [-0.3, -0.25) is 14.9 Å². The zero-order valence-electron chi connectivity index (χ0n) is 32.6. The molecular weight excluding hydrogens is 1060 g/mol. The van der Waals surface area contributed by atoms with E-state index in [9.17, 15) is 40.2 Å². The highest BCUT2D eigenvalue weighted by Gasteiger charge is 2.21. The fraction of sp³-hybridized carbons (Fsp3) is 0.200. The van der Waals surface area contributed by atoms with Gasteiger partial charge in [0.15, 0.2) is 0 Å². The van der Waals surface area contributed by atoms with Gasteiger partial charge in [0.2, 0.25) is 5.91 Å². The Morgan fingerprint density at radius 1 is 0.700 bits per heavy atom. The van der Waals surface area contributed by atoms with Crippen molar-refractivity contribution in [2.24, 2.45) is 13.2 Å². The molecule has 4 aromatic carbocycles. The van der Waals surface area contributed by atoms with Crippen LogP contribution in [0.3, 0.4) is 0 Å². The molecule has 18 nitrogen and oxygen atoms in total. The molecule has 0 heterocycles. The topological polar surface area (TPSA) is 247 Å². The highest BCUT2D eigenvalue weighted by atomic mass is 79.9. The molecular formula is C35H39Br3ClN9O9S3. The number of nitrogens with two attached hydrogens (primary N) is 1. The Balaban J connectivity index is 0.000000323. The summed E-state index contributed by atoms with van der Waals surface area (Å²) in [5, 5.41) is 13.8. The van der Waals surface area contributed by atoms with Crippen molar-refractivity contribution in [1.82, 2.24) is 14.7 Å². The van der Waals surface area contributed by atoms with Crippen molar-refractivity contribution in [2.75, 3.05) is 53.3 Å². The quantitative estimate of drug-likeness (QED) is 0.0477. The number of rotatable bonds is 13. The maximum atomic E-state index is 12.3. The summed E-state index contributed by atoms with van der Waals surface area (Å²) in [6, 6.07) is 19.6. The minimum Gasteiger partial charge on any atom is -0.399 e. The van der Waals surface area contributed by atoms with Gasteiger partial charge in [0.1, 0.15) is 33.7 Å². The molecule has 0 aliphatic heterocycles. The first-order valence-electron chi connectivity index (χ1n) is 16.5. The summed E-state index contributed by atoms with van der Waals surface area (Å²) in [4.78, 5) is 26.5. The molecule has 324 valence electrons. The number of halogens is 4. The lowest BCUT2D eigenvalue weighted by atomic mass is 10.1. The molecule has 0 spiro atoms. The molecule has 0 saturated carbocycles. The van der Waals surface area contributed by atoms with Crippen molar-refractivity contribution in [3.05, 3.63) is 113 Å². The van der Waals surface area contributed by atoms with Crippen LogP contribution in [0.1, 0.15) is 5.56 Å². The van der Waals surface area contributed by atoms with Gasteiger partial charge in [-0.1, -0.05) is 29.8 Å². The van der Waals surface area contributed by atoms with Crippen molar-refractivity contribution in [3.63, 3.8) is 0 Å². The number of anilines is 2. The van der Waals surface area contributed by atoms with Crippen LogP contribution in [-0.2, 0) is 41.3 Å². The van der Waals surface area contributed by atoms with Crippen LogP contribution in [0.15, 0.2) is 120 Å². The van der Waals surface area contributed by atoms with Gasteiger partial charge in [-0.05, 0) is 102 Å². The summed E-state index contributed by atoms with van der Waals surface area (Å²) < 4.78 is 83.6. The number of nitrogen functional groups attached to an aromatic ring is 1. The van der Waals surface area contributed by atoms with E-state index >= 15 is 0 Å². The second kappa shape index (κ2) is 22.9. The highest BCUT2D eigenvalue weighted by molar-refractivity contribution is 9.11. The molecule has 0 aliphatic rings. The summed E-state index contributed by atoms with van der Waals surface area (Å²) in [7, 11) is -1.64. The average molecular weight is 1100 g/mol. The minimum atomic E-state index is -3.97. The van der Waals surface area contributed by atoms with Crippen LogP contribution in [0.25, 0.3) is 0 Å². The third kappa shape index (κ3) is 16.9. The fourth-order valence-corrected chi connectivity index (χ4v) is 9.80. The number of carbonyl (C=O) groups is 1. The van der Waals surface area contributed by atoms with Crippen molar-refractivity contribution in [1.29, 1.82) is 0 Å². The van der Waals surface area contributed by atoms with Gasteiger partial charge in [-0.15, -0.1) is 13.2 Å².